The molecule has 172 valence electrons. The highest BCUT2D eigenvalue weighted by Crippen LogP contribution is 2.45. The van der Waals surface area contributed by atoms with E-state index >= 15 is 0 Å². The van der Waals surface area contributed by atoms with Crippen LogP contribution < -0.4 is 5.73 Å². The van der Waals surface area contributed by atoms with Crippen LogP contribution in [0.15, 0.2) is 15.5 Å². The lowest BCUT2D eigenvalue weighted by molar-refractivity contribution is -0.210. The predicted octanol–water partition coefficient (Wildman–Crippen LogP) is 2.87. The zero-order valence-electron chi connectivity index (χ0n) is 15.6. The first kappa shape index (κ1) is 23.2. The maximum absolute atomic E-state index is 13.8. The van der Waals surface area contributed by atoms with Gasteiger partial charge >= 0.3 is 12.4 Å². The minimum absolute atomic E-state index is 0.0821. The highest BCUT2D eigenvalue weighted by atomic mass is 32.2. The van der Waals surface area contributed by atoms with Gasteiger partial charge in [0.05, 0.1) is 23.6 Å². The Morgan fingerprint density at radius 2 is 1.81 bits per heavy atom. The zero-order chi connectivity index (χ0) is 23.2. The van der Waals surface area contributed by atoms with Crippen molar-refractivity contribution in [3.8, 4) is 11.6 Å². The Balaban J connectivity index is 2.30. The van der Waals surface area contributed by atoms with E-state index in [9.17, 15) is 39.9 Å². The molecule has 1 unspecified atom stereocenters. The summed E-state index contributed by atoms with van der Waals surface area (Å²) in [5, 5.41) is 14.9. The Morgan fingerprint density at radius 1 is 1.13 bits per heavy atom. The molecule has 0 spiro atoms. The van der Waals surface area contributed by atoms with Crippen LogP contribution in [0.2, 0.25) is 0 Å². The summed E-state index contributed by atoms with van der Waals surface area (Å²) in [4.78, 5) is 3.46. The first-order chi connectivity index (χ1) is 14.2. The van der Waals surface area contributed by atoms with Crippen molar-refractivity contribution in [2.24, 2.45) is 0 Å². The average molecular weight is 474 g/mol. The number of aromatic nitrogens is 3. The zero-order valence-corrected chi connectivity index (χ0v) is 16.4. The topological polar surface area (TPSA) is 132 Å². The largest absolute Gasteiger partial charge is 0.419 e. The Kier molecular flexibility index (Phi) is 5.71. The molecule has 1 aliphatic heterocycles. The first-order valence-electron chi connectivity index (χ1n) is 8.85. The average Bonchev–Trinajstić information content (AvgIpc) is 3.12. The second kappa shape index (κ2) is 7.62. The highest BCUT2D eigenvalue weighted by molar-refractivity contribution is 7.91. The molecule has 3 heterocycles. The molecule has 3 rings (SSSR count). The van der Waals surface area contributed by atoms with Crippen LogP contribution in [0.25, 0.3) is 11.6 Å². The van der Waals surface area contributed by atoms with E-state index in [2.05, 4.69) is 15.2 Å². The summed E-state index contributed by atoms with van der Waals surface area (Å²) in [6, 6.07) is 0.307. The molecule has 2 aromatic rings. The Hall–Kier alpha value is -2.42. The van der Waals surface area contributed by atoms with E-state index < -0.39 is 80.1 Å². The van der Waals surface area contributed by atoms with Crippen LogP contribution in [0.5, 0.6) is 0 Å². The Morgan fingerprint density at radius 3 is 2.39 bits per heavy atom. The number of rotatable bonds is 1. The fourth-order valence-electron chi connectivity index (χ4n) is 3.23. The number of aliphatic hydroxyl groups excluding tert-OH is 1. The van der Waals surface area contributed by atoms with Crippen molar-refractivity contribution in [2.45, 2.75) is 48.5 Å². The van der Waals surface area contributed by atoms with Gasteiger partial charge in [-0.15, -0.1) is 10.2 Å². The number of halogens is 6. The van der Waals surface area contributed by atoms with E-state index in [1.54, 1.807) is 0 Å². The molecule has 4 bridgehead atoms. The van der Waals surface area contributed by atoms with Crippen LogP contribution >= 0.6 is 0 Å². The van der Waals surface area contributed by atoms with Gasteiger partial charge in [-0.2, -0.15) is 26.3 Å². The molecular formula is C16H16F6N4O4S. The third-order valence-corrected chi connectivity index (χ3v) is 6.71. The number of aliphatic hydroxyl groups is 1. The molecule has 1 atom stereocenters. The van der Waals surface area contributed by atoms with E-state index in [1.807, 2.05) is 0 Å². The third kappa shape index (κ3) is 4.07. The van der Waals surface area contributed by atoms with Gasteiger partial charge in [0.25, 0.3) is 5.89 Å². The van der Waals surface area contributed by atoms with Crippen LogP contribution in [-0.4, -0.2) is 47.2 Å². The van der Waals surface area contributed by atoms with E-state index in [0.29, 0.717) is 6.07 Å². The van der Waals surface area contributed by atoms with Crippen molar-refractivity contribution in [2.75, 3.05) is 18.1 Å². The number of anilines is 1. The number of hydrogen-bond donors (Lipinski definition) is 2. The second-order valence-electron chi connectivity index (χ2n) is 7.06. The number of hydrogen-bond acceptors (Lipinski definition) is 8. The predicted molar refractivity (Wildman–Crippen MR) is 92.3 cm³/mol. The molecule has 2 aromatic heterocycles. The molecule has 1 aliphatic rings. The van der Waals surface area contributed by atoms with Gasteiger partial charge in [0.1, 0.15) is 0 Å². The number of alkyl halides is 6. The molecule has 0 aliphatic carbocycles. The van der Waals surface area contributed by atoms with Crippen LogP contribution in [0, 0.1) is 0 Å². The highest BCUT2D eigenvalue weighted by Gasteiger charge is 2.59. The quantitative estimate of drug-likeness (QED) is 0.603. The van der Waals surface area contributed by atoms with Gasteiger partial charge in [0.15, 0.2) is 26.0 Å². The van der Waals surface area contributed by atoms with Gasteiger partial charge in [0.2, 0.25) is 5.89 Å². The SMILES string of the molecule is Nc1cc(C(F)(F)F)c2nc1-c1nnc(o1)C(CO)(C(F)(F)F)CCCCCS2(=O)=O. The van der Waals surface area contributed by atoms with Crippen LogP contribution in [0.1, 0.15) is 37.1 Å². The van der Waals surface area contributed by atoms with Gasteiger partial charge < -0.3 is 15.3 Å². The third-order valence-electron chi connectivity index (χ3n) is 4.98. The summed E-state index contributed by atoms with van der Waals surface area (Å²) in [5.41, 5.74) is -0.417. The number of fused-ring (bicyclic) bond motifs is 5. The number of nitrogens with two attached hydrogens (primary N) is 1. The smallest absolute Gasteiger partial charge is 0.418 e. The normalized spacial score (nSPS) is 22.3. The maximum atomic E-state index is 13.8. The van der Waals surface area contributed by atoms with Gasteiger partial charge in [0, 0.05) is 0 Å². The monoisotopic (exact) mass is 474 g/mol. The number of nitrogen functional groups attached to an aromatic ring is 1. The molecule has 8 nitrogen and oxygen atoms in total. The first-order valence-corrected chi connectivity index (χ1v) is 10.5. The molecule has 0 radical (unpaired) electrons. The summed E-state index contributed by atoms with van der Waals surface area (Å²) in [6.07, 6.45) is -11.4. The molecule has 0 fully saturated rings. The lowest BCUT2D eigenvalue weighted by Crippen LogP contribution is -2.46. The number of sulfone groups is 1. The van der Waals surface area contributed by atoms with Crippen molar-refractivity contribution in [3.05, 3.63) is 17.5 Å². The molecule has 3 N–H and O–H groups in total. The van der Waals surface area contributed by atoms with E-state index in [1.165, 1.54) is 0 Å². The van der Waals surface area contributed by atoms with Gasteiger partial charge in [-0.25, -0.2) is 13.4 Å². The van der Waals surface area contributed by atoms with Gasteiger partial charge in [-0.05, 0) is 18.9 Å². The van der Waals surface area contributed by atoms with Crippen molar-refractivity contribution in [1.82, 2.24) is 15.2 Å². The second-order valence-corrected chi connectivity index (χ2v) is 9.08. The molecule has 31 heavy (non-hydrogen) atoms. The Labute approximate surface area is 171 Å². The molecule has 0 amide bonds. The lowest BCUT2D eigenvalue weighted by atomic mass is 9.82. The van der Waals surface area contributed by atoms with Crippen molar-refractivity contribution in [3.63, 3.8) is 0 Å². The lowest BCUT2D eigenvalue weighted by Gasteiger charge is -2.30. The summed E-state index contributed by atoms with van der Waals surface area (Å²) in [5.74, 6) is -2.61. The molecule has 0 aromatic carbocycles. The summed E-state index contributed by atoms with van der Waals surface area (Å²) >= 11 is 0. The fraction of sp³-hybridized carbons (Fsp3) is 0.562. The maximum Gasteiger partial charge on any atom is 0.419 e. The molecule has 15 heteroatoms. The molecule has 0 saturated carbocycles. The minimum atomic E-state index is -5.11. The van der Waals surface area contributed by atoms with E-state index in [4.69, 9.17) is 10.2 Å². The summed E-state index contributed by atoms with van der Waals surface area (Å²) in [6.45, 7) is -1.43. The van der Waals surface area contributed by atoms with Gasteiger partial charge in [-0.3, -0.25) is 0 Å². The number of pyridine rings is 1. The fourth-order valence-corrected chi connectivity index (χ4v) is 4.75. The van der Waals surface area contributed by atoms with Crippen molar-refractivity contribution < 1.29 is 44.3 Å². The summed E-state index contributed by atoms with van der Waals surface area (Å²) in [7, 11) is -4.58. The summed E-state index contributed by atoms with van der Waals surface area (Å²) < 4.78 is 112. The van der Waals surface area contributed by atoms with Crippen molar-refractivity contribution in [1.29, 1.82) is 0 Å². The van der Waals surface area contributed by atoms with Crippen molar-refractivity contribution >= 4 is 15.5 Å². The molecular weight excluding hydrogens is 458 g/mol. The van der Waals surface area contributed by atoms with Crippen LogP contribution in [0.3, 0.4) is 0 Å². The standard InChI is InChI=1S/C16H16F6N4O4S/c17-15(18,19)8-6-9(23)10-11-25-26-13(30-11)14(7-27,16(20,21)22)4-2-1-3-5-31(28,29)12(8)24-10/h6,27H,1-5,7,23H2. The van der Waals surface area contributed by atoms with Crippen LogP contribution in [0.4, 0.5) is 32.0 Å². The minimum Gasteiger partial charge on any atom is -0.418 e. The number of nitrogens with zero attached hydrogens (tertiary/aromatic N) is 3. The van der Waals surface area contributed by atoms with E-state index in [-0.39, 0.29) is 19.3 Å². The molecule has 0 saturated heterocycles. The van der Waals surface area contributed by atoms with Crippen LogP contribution in [-0.2, 0) is 21.4 Å². The Bertz CT molecular complexity index is 1080. The van der Waals surface area contributed by atoms with Gasteiger partial charge in [-0.1, -0.05) is 12.8 Å². The van der Waals surface area contributed by atoms with E-state index in [0.717, 1.165) is 0 Å².